The molecule has 0 saturated heterocycles. The SMILES string of the molecule is Cc1cccc(N2C(=O)C(c3ccc(OC(C)C)cc3)=C(N3CCc4ccccc4C3)C2=O)c1. The number of carbonyl (C=O) groups excluding carboxylic acids is 2. The van der Waals surface area contributed by atoms with Crippen molar-refractivity contribution in [3.63, 3.8) is 0 Å². The summed E-state index contributed by atoms with van der Waals surface area (Å²) < 4.78 is 5.78. The number of fused-ring (bicyclic) bond motifs is 1. The van der Waals surface area contributed by atoms with E-state index in [4.69, 9.17) is 4.74 Å². The number of anilines is 1. The second-order valence-electron chi connectivity index (χ2n) is 9.14. The van der Waals surface area contributed by atoms with Crippen LogP contribution in [0.15, 0.2) is 78.5 Å². The van der Waals surface area contributed by atoms with Crippen molar-refractivity contribution >= 4 is 23.1 Å². The maximum Gasteiger partial charge on any atom is 0.282 e. The van der Waals surface area contributed by atoms with Crippen LogP contribution in [0.4, 0.5) is 5.69 Å². The monoisotopic (exact) mass is 452 g/mol. The van der Waals surface area contributed by atoms with Gasteiger partial charge >= 0.3 is 0 Å². The normalized spacial score (nSPS) is 15.9. The molecule has 0 unspecified atom stereocenters. The van der Waals surface area contributed by atoms with Crippen LogP contribution in [0.1, 0.15) is 36.1 Å². The fourth-order valence-corrected chi connectivity index (χ4v) is 4.73. The van der Waals surface area contributed by atoms with Crippen molar-refractivity contribution in [2.45, 2.75) is 39.8 Å². The van der Waals surface area contributed by atoms with E-state index < -0.39 is 0 Å². The van der Waals surface area contributed by atoms with E-state index in [0.29, 0.717) is 30.0 Å². The van der Waals surface area contributed by atoms with Gasteiger partial charge in [0.25, 0.3) is 11.8 Å². The molecule has 5 nitrogen and oxygen atoms in total. The molecule has 0 spiro atoms. The number of benzene rings is 3. The standard InChI is InChI=1S/C29H28N2O3/c1-19(2)34-25-13-11-22(12-14-25)26-27(30-16-15-21-8-4-5-9-23(21)18-30)29(33)31(28(26)32)24-10-6-7-20(3)17-24/h4-14,17,19H,15-16,18H2,1-3H3. The van der Waals surface area contributed by atoms with Crippen LogP contribution in [0, 0.1) is 6.92 Å². The summed E-state index contributed by atoms with van der Waals surface area (Å²) in [6, 6.07) is 23.3. The Morgan fingerprint density at radius 2 is 1.59 bits per heavy atom. The molecule has 2 aliphatic rings. The first-order chi connectivity index (χ1) is 16.4. The number of aryl methyl sites for hydroxylation is 1. The lowest BCUT2D eigenvalue weighted by atomic mass is 9.98. The third-order valence-electron chi connectivity index (χ3n) is 6.28. The molecular weight excluding hydrogens is 424 g/mol. The highest BCUT2D eigenvalue weighted by atomic mass is 16.5. The molecule has 172 valence electrons. The zero-order valence-electron chi connectivity index (χ0n) is 19.7. The Bertz CT molecular complexity index is 1290. The van der Waals surface area contributed by atoms with Crippen LogP contribution in [0.25, 0.3) is 5.57 Å². The van der Waals surface area contributed by atoms with E-state index in [1.807, 2.05) is 81.4 Å². The molecular formula is C29H28N2O3. The summed E-state index contributed by atoms with van der Waals surface area (Å²) in [7, 11) is 0. The first-order valence-electron chi connectivity index (χ1n) is 11.7. The highest BCUT2D eigenvalue weighted by molar-refractivity contribution is 6.45. The number of rotatable bonds is 5. The van der Waals surface area contributed by atoms with Crippen LogP contribution < -0.4 is 9.64 Å². The summed E-state index contributed by atoms with van der Waals surface area (Å²) in [6.45, 7) is 7.19. The van der Waals surface area contributed by atoms with E-state index in [2.05, 4.69) is 17.0 Å². The zero-order valence-corrected chi connectivity index (χ0v) is 19.7. The summed E-state index contributed by atoms with van der Waals surface area (Å²) in [5.41, 5.74) is 5.72. The average molecular weight is 453 g/mol. The van der Waals surface area contributed by atoms with Crippen LogP contribution in [0.5, 0.6) is 5.75 Å². The zero-order chi connectivity index (χ0) is 23.8. The number of hydrogen-bond donors (Lipinski definition) is 0. The van der Waals surface area contributed by atoms with Gasteiger partial charge in [-0.15, -0.1) is 0 Å². The number of imide groups is 1. The number of hydrogen-bond acceptors (Lipinski definition) is 4. The highest BCUT2D eigenvalue weighted by Gasteiger charge is 2.43. The number of nitrogens with zero attached hydrogens (tertiary/aromatic N) is 2. The summed E-state index contributed by atoms with van der Waals surface area (Å²) in [5, 5.41) is 0. The van der Waals surface area contributed by atoms with Gasteiger partial charge in [-0.2, -0.15) is 0 Å². The fraction of sp³-hybridized carbons (Fsp3) is 0.241. The van der Waals surface area contributed by atoms with Gasteiger partial charge in [-0.25, -0.2) is 4.90 Å². The van der Waals surface area contributed by atoms with Gasteiger partial charge in [0.2, 0.25) is 0 Å². The molecule has 2 amide bonds. The Labute approximate surface area is 200 Å². The van der Waals surface area contributed by atoms with E-state index in [9.17, 15) is 9.59 Å². The minimum absolute atomic E-state index is 0.0561. The molecule has 0 fully saturated rings. The van der Waals surface area contributed by atoms with Crippen LogP contribution in [-0.2, 0) is 22.6 Å². The summed E-state index contributed by atoms with van der Waals surface area (Å²) in [5.74, 6) is 0.176. The highest BCUT2D eigenvalue weighted by Crippen LogP contribution is 2.37. The Balaban J connectivity index is 1.59. The second kappa shape index (κ2) is 8.82. The van der Waals surface area contributed by atoms with Crippen molar-refractivity contribution < 1.29 is 14.3 Å². The second-order valence-corrected chi connectivity index (χ2v) is 9.14. The Morgan fingerprint density at radius 1 is 0.853 bits per heavy atom. The van der Waals surface area contributed by atoms with E-state index in [1.54, 1.807) is 0 Å². The molecule has 0 aromatic heterocycles. The van der Waals surface area contributed by atoms with Gasteiger partial charge in [0.05, 0.1) is 17.4 Å². The molecule has 34 heavy (non-hydrogen) atoms. The average Bonchev–Trinajstić information content (AvgIpc) is 3.08. The van der Waals surface area contributed by atoms with Crippen LogP contribution in [0.3, 0.4) is 0 Å². The topological polar surface area (TPSA) is 49.9 Å². The number of ether oxygens (including phenoxy) is 1. The molecule has 0 radical (unpaired) electrons. The molecule has 0 N–H and O–H groups in total. The molecule has 2 heterocycles. The molecule has 5 heteroatoms. The van der Waals surface area contributed by atoms with Crippen molar-refractivity contribution in [1.29, 1.82) is 0 Å². The summed E-state index contributed by atoms with van der Waals surface area (Å²) >= 11 is 0. The quantitative estimate of drug-likeness (QED) is 0.504. The third-order valence-corrected chi connectivity index (χ3v) is 6.28. The number of amides is 2. The van der Waals surface area contributed by atoms with Gasteiger partial charge in [0, 0.05) is 13.1 Å². The Kier molecular flexibility index (Phi) is 5.70. The van der Waals surface area contributed by atoms with Crippen molar-refractivity contribution in [2.75, 3.05) is 11.4 Å². The molecule has 3 aromatic rings. The van der Waals surface area contributed by atoms with Gasteiger partial charge in [-0.3, -0.25) is 9.59 Å². The van der Waals surface area contributed by atoms with Crippen molar-refractivity contribution in [2.24, 2.45) is 0 Å². The Morgan fingerprint density at radius 3 is 2.29 bits per heavy atom. The lowest BCUT2D eigenvalue weighted by molar-refractivity contribution is -0.120. The molecule has 0 bridgehead atoms. The van der Waals surface area contributed by atoms with Gasteiger partial charge < -0.3 is 9.64 Å². The van der Waals surface area contributed by atoms with Crippen LogP contribution in [-0.4, -0.2) is 29.4 Å². The van der Waals surface area contributed by atoms with E-state index in [1.165, 1.54) is 16.0 Å². The summed E-state index contributed by atoms with van der Waals surface area (Å²) in [6.07, 6.45) is 0.889. The first-order valence-corrected chi connectivity index (χ1v) is 11.7. The molecule has 3 aromatic carbocycles. The fourth-order valence-electron chi connectivity index (χ4n) is 4.73. The van der Waals surface area contributed by atoms with Crippen LogP contribution >= 0.6 is 0 Å². The lowest BCUT2D eigenvalue weighted by Gasteiger charge is -2.31. The van der Waals surface area contributed by atoms with Crippen molar-refractivity contribution in [3.05, 3.63) is 101 Å². The van der Waals surface area contributed by atoms with Crippen molar-refractivity contribution in [3.8, 4) is 5.75 Å². The summed E-state index contributed by atoms with van der Waals surface area (Å²) in [4.78, 5) is 31.0. The van der Waals surface area contributed by atoms with Gasteiger partial charge in [0.15, 0.2) is 0 Å². The largest absolute Gasteiger partial charge is 0.491 e. The predicted molar refractivity (Wildman–Crippen MR) is 133 cm³/mol. The van der Waals surface area contributed by atoms with E-state index in [0.717, 1.165) is 23.3 Å². The van der Waals surface area contributed by atoms with Crippen LogP contribution in [0.2, 0.25) is 0 Å². The van der Waals surface area contributed by atoms with Gasteiger partial charge in [-0.1, -0.05) is 48.5 Å². The molecule has 0 saturated carbocycles. The minimum Gasteiger partial charge on any atom is -0.491 e. The Hall–Kier alpha value is -3.86. The molecule has 2 aliphatic heterocycles. The maximum absolute atomic E-state index is 13.8. The number of carbonyl (C=O) groups is 2. The van der Waals surface area contributed by atoms with E-state index in [-0.39, 0.29) is 17.9 Å². The lowest BCUT2D eigenvalue weighted by Crippen LogP contribution is -2.37. The molecule has 0 aliphatic carbocycles. The van der Waals surface area contributed by atoms with Crippen molar-refractivity contribution in [1.82, 2.24) is 4.90 Å². The maximum atomic E-state index is 13.8. The van der Waals surface area contributed by atoms with Gasteiger partial charge in [0.1, 0.15) is 11.4 Å². The van der Waals surface area contributed by atoms with Gasteiger partial charge in [-0.05, 0) is 73.7 Å². The molecule has 0 atom stereocenters. The minimum atomic E-state index is -0.290. The predicted octanol–water partition coefficient (Wildman–Crippen LogP) is 5.13. The smallest absolute Gasteiger partial charge is 0.282 e. The third kappa shape index (κ3) is 3.98. The van der Waals surface area contributed by atoms with E-state index >= 15 is 0 Å². The first kappa shape index (κ1) is 22.0. The molecule has 5 rings (SSSR count).